The van der Waals surface area contributed by atoms with Crippen LogP contribution in [0.2, 0.25) is 0 Å². The second kappa shape index (κ2) is 6.79. The summed E-state index contributed by atoms with van der Waals surface area (Å²) in [7, 11) is 0. The number of carbonyl (C=O) groups excluding carboxylic acids is 1. The van der Waals surface area contributed by atoms with Gasteiger partial charge in [-0.05, 0) is 38.1 Å². The van der Waals surface area contributed by atoms with E-state index < -0.39 is 0 Å². The molecule has 1 aliphatic rings. The monoisotopic (exact) mass is 312 g/mol. The van der Waals surface area contributed by atoms with E-state index in [-0.39, 0.29) is 18.1 Å². The Hall–Kier alpha value is -2.40. The molecule has 0 unspecified atom stereocenters. The predicted octanol–water partition coefficient (Wildman–Crippen LogP) is 3.12. The molecule has 0 spiro atoms. The van der Waals surface area contributed by atoms with E-state index in [0.29, 0.717) is 30.3 Å². The van der Waals surface area contributed by atoms with Crippen LogP contribution >= 0.6 is 0 Å². The number of carbonyl (C=O) groups is 1. The zero-order valence-corrected chi connectivity index (χ0v) is 13.3. The highest BCUT2D eigenvalue weighted by atomic mass is 16.5. The van der Waals surface area contributed by atoms with Crippen molar-refractivity contribution in [2.45, 2.75) is 26.1 Å². The smallest absolute Gasteiger partial charge is 0.259 e. The van der Waals surface area contributed by atoms with Gasteiger partial charge in [-0.15, -0.1) is 0 Å². The molecule has 0 radical (unpaired) electrons. The van der Waals surface area contributed by atoms with Gasteiger partial charge in [-0.3, -0.25) is 4.79 Å². The third-order valence-electron chi connectivity index (χ3n) is 3.67. The van der Waals surface area contributed by atoms with E-state index in [1.54, 1.807) is 23.2 Å². The van der Waals surface area contributed by atoms with Gasteiger partial charge in [0.1, 0.15) is 11.3 Å². The Balaban J connectivity index is 1.83. The van der Waals surface area contributed by atoms with Gasteiger partial charge >= 0.3 is 0 Å². The van der Waals surface area contributed by atoms with Crippen LogP contribution in [0.25, 0.3) is 0 Å². The van der Waals surface area contributed by atoms with E-state index in [2.05, 4.69) is 4.98 Å². The van der Waals surface area contributed by atoms with Crippen molar-refractivity contribution in [1.29, 1.82) is 0 Å². The molecular formula is C18H20N2O3. The van der Waals surface area contributed by atoms with Gasteiger partial charge in [-0.2, -0.15) is 0 Å². The van der Waals surface area contributed by atoms with Crippen LogP contribution in [-0.4, -0.2) is 41.1 Å². The van der Waals surface area contributed by atoms with Crippen LogP contribution in [0, 0.1) is 0 Å². The first-order valence-electron chi connectivity index (χ1n) is 7.76. The summed E-state index contributed by atoms with van der Waals surface area (Å²) in [6, 6.07) is 12.8. The van der Waals surface area contributed by atoms with E-state index in [0.717, 1.165) is 0 Å². The van der Waals surface area contributed by atoms with Crippen LogP contribution in [0.3, 0.4) is 0 Å². The van der Waals surface area contributed by atoms with Gasteiger partial charge in [0, 0.05) is 19.3 Å². The first kappa shape index (κ1) is 15.5. The summed E-state index contributed by atoms with van der Waals surface area (Å²) in [6.45, 7) is 5.09. The maximum absolute atomic E-state index is 12.9. The summed E-state index contributed by atoms with van der Waals surface area (Å²) < 4.78 is 11.5. The van der Waals surface area contributed by atoms with E-state index >= 15 is 0 Å². The number of hydrogen-bond donors (Lipinski definition) is 0. The molecule has 2 aromatic rings. The highest BCUT2D eigenvalue weighted by Crippen LogP contribution is 2.24. The minimum absolute atomic E-state index is 0.0258. The number of amides is 1. The zero-order chi connectivity index (χ0) is 16.2. The number of aromatic nitrogens is 1. The molecule has 0 aliphatic carbocycles. The maximum atomic E-state index is 12.9. The van der Waals surface area contributed by atoms with Crippen LogP contribution in [0.1, 0.15) is 24.2 Å². The minimum Gasteiger partial charge on any atom is -0.438 e. The van der Waals surface area contributed by atoms with Gasteiger partial charge < -0.3 is 14.4 Å². The first-order valence-corrected chi connectivity index (χ1v) is 7.76. The lowest BCUT2D eigenvalue weighted by Gasteiger charge is -2.35. The Morgan fingerprint density at radius 2 is 1.83 bits per heavy atom. The van der Waals surface area contributed by atoms with Crippen molar-refractivity contribution >= 4 is 5.91 Å². The van der Waals surface area contributed by atoms with Crippen molar-refractivity contribution in [2.75, 3.05) is 13.1 Å². The third kappa shape index (κ3) is 3.68. The molecule has 1 aromatic carbocycles. The fourth-order valence-corrected chi connectivity index (χ4v) is 2.75. The lowest BCUT2D eigenvalue weighted by Crippen LogP contribution is -2.48. The molecule has 5 nitrogen and oxygen atoms in total. The molecular weight excluding hydrogens is 292 g/mol. The molecule has 2 atom stereocenters. The van der Waals surface area contributed by atoms with Crippen LogP contribution in [-0.2, 0) is 4.74 Å². The topological polar surface area (TPSA) is 51.7 Å². The third-order valence-corrected chi connectivity index (χ3v) is 3.67. The quantitative estimate of drug-likeness (QED) is 0.874. The lowest BCUT2D eigenvalue weighted by molar-refractivity contribution is -0.0586. The fraction of sp³-hybridized carbons (Fsp3) is 0.333. The van der Waals surface area contributed by atoms with Gasteiger partial charge in [-0.1, -0.05) is 18.2 Å². The molecule has 1 saturated heterocycles. The molecule has 1 aliphatic heterocycles. The predicted molar refractivity (Wildman–Crippen MR) is 86.7 cm³/mol. The molecule has 3 rings (SSSR count). The lowest BCUT2D eigenvalue weighted by atomic mass is 10.1. The number of pyridine rings is 1. The first-order chi connectivity index (χ1) is 11.1. The van der Waals surface area contributed by atoms with Gasteiger partial charge in [0.25, 0.3) is 5.91 Å². The van der Waals surface area contributed by atoms with E-state index in [9.17, 15) is 4.79 Å². The van der Waals surface area contributed by atoms with Crippen LogP contribution < -0.4 is 4.74 Å². The summed E-state index contributed by atoms with van der Waals surface area (Å²) in [4.78, 5) is 18.9. The molecule has 2 heterocycles. The molecule has 23 heavy (non-hydrogen) atoms. The van der Waals surface area contributed by atoms with Gasteiger partial charge in [-0.25, -0.2) is 4.98 Å². The standard InChI is InChI=1S/C18H20N2O3/c1-13-11-20(12-14(2)22-13)18(21)16-9-6-10-19-17(16)23-15-7-4-3-5-8-15/h3-10,13-14H,11-12H2,1-2H3/t13-,14-/m0/s1. The maximum Gasteiger partial charge on any atom is 0.259 e. The molecule has 1 fully saturated rings. The van der Waals surface area contributed by atoms with Crippen molar-refractivity contribution in [2.24, 2.45) is 0 Å². The van der Waals surface area contributed by atoms with Crippen LogP contribution in [0.5, 0.6) is 11.6 Å². The van der Waals surface area contributed by atoms with Crippen molar-refractivity contribution in [3.8, 4) is 11.6 Å². The number of nitrogens with zero attached hydrogens (tertiary/aromatic N) is 2. The van der Waals surface area contributed by atoms with Crippen LogP contribution in [0.4, 0.5) is 0 Å². The molecule has 1 aromatic heterocycles. The highest BCUT2D eigenvalue weighted by Gasteiger charge is 2.28. The van der Waals surface area contributed by atoms with Crippen molar-refractivity contribution in [1.82, 2.24) is 9.88 Å². The number of para-hydroxylation sites is 1. The largest absolute Gasteiger partial charge is 0.438 e. The average molecular weight is 312 g/mol. The molecule has 0 N–H and O–H groups in total. The Morgan fingerprint density at radius 3 is 2.52 bits per heavy atom. The summed E-state index contributed by atoms with van der Waals surface area (Å²) in [6.07, 6.45) is 1.68. The summed E-state index contributed by atoms with van der Waals surface area (Å²) >= 11 is 0. The normalized spacial score (nSPS) is 21.0. The SMILES string of the molecule is C[C@H]1CN(C(=O)c2cccnc2Oc2ccccc2)C[C@H](C)O1. The van der Waals surface area contributed by atoms with Crippen LogP contribution in [0.15, 0.2) is 48.7 Å². The van der Waals surface area contributed by atoms with Gasteiger partial charge in [0.15, 0.2) is 0 Å². The molecule has 0 bridgehead atoms. The van der Waals surface area contributed by atoms with Gasteiger partial charge in [0.2, 0.25) is 5.88 Å². The highest BCUT2D eigenvalue weighted by molar-refractivity contribution is 5.96. The minimum atomic E-state index is -0.0777. The number of hydrogen-bond acceptors (Lipinski definition) is 4. The molecule has 120 valence electrons. The Labute approximate surface area is 135 Å². The number of benzene rings is 1. The Bertz CT molecular complexity index is 665. The van der Waals surface area contributed by atoms with Gasteiger partial charge in [0.05, 0.1) is 12.2 Å². The summed E-state index contributed by atoms with van der Waals surface area (Å²) in [5.74, 6) is 0.908. The Kier molecular flexibility index (Phi) is 4.57. The fourth-order valence-electron chi connectivity index (χ4n) is 2.75. The average Bonchev–Trinajstić information content (AvgIpc) is 2.55. The number of morpholine rings is 1. The second-order valence-electron chi connectivity index (χ2n) is 5.74. The molecule has 1 amide bonds. The van der Waals surface area contributed by atoms with E-state index in [1.807, 2.05) is 44.2 Å². The summed E-state index contributed by atoms with van der Waals surface area (Å²) in [5, 5.41) is 0. The van der Waals surface area contributed by atoms with E-state index in [4.69, 9.17) is 9.47 Å². The van der Waals surface area contributed by atoms with Crippen molar-refractivity contribution in [3.05, 3.63) is 54.2 Å². The van der Waals surface area contributed by atoms with E-state index in [1.165, 1.54) is 0 Å². The van der Waals surface area contributed by atoms with Crippen molar-refractivity contribution in [3.63, 3.8) is 0 Å². The Morgan fingerprint density at radius 1 is 1.13 bits per heavy atom. The van der Waals surface area contributed by atoms with Crippen molar-refractivity contribution < 1.29 is 14.3 Å². The molecule has 5 heteroatoms. The summed E-state index contributed by atoms with van der Waals surface area (Å²) in [5.41, 5.74) is 0.470. The zero-order valence-electron chi connectivity index (χ0n) is 13.3. The number of ether oxygens (including phenoxy) is 2. The second-order valence-corrected chi connectivity index (χ2v) is 5.74. The molecule has 0 saturated carbocycles. The number of rotatable bonds is 3.